The molecule has 3 rings (SSSR count). The number of amides is 2. The summed E-state index contributed by atoms with van der Waals surface area (Å²) in [5.41, 5.74) is 2.27. The fourth-order valence-corrected chi connectivity index (χ4v) is 3.21. The van der Waals surface area contributed by atoms with E-state index >= 15 is 0 Å². The molecule has 2 aromatic heterocycles. The maximum atomic E-state index is 12.1. The summed E-state index contributed by atoms with van der Waals surface area (Å²) in [4.78, 5) is 14.5. The molecule has 0 bridgehead atoms. The van der Waals surface area contributed by atoms with Gasteiger partial charge in [0.1, 0.15) is 5.76 Å². The van der Waals surface area contributed by atoms with Gasteiger partial charge in [0.25, 0.3) is 0 Å². The summed E-state index contributed by atoms with van der Waals surface area (Å²) in [6.07, 6.45) is 4.10. The highest BCUT2D eigenvalue weighted by molar-refractivity contribution is 5.73. The van der Waals surface area contributed by atoms with Gasteiger partial charge >= 0.3 is 6.03 Å². The van der Waals surface area contributed by atoms with Gasteiger partial charge in [0.2, 0.25) is 0 Å². The minimum absolute atomic E-state index is 0.102. The third-order valence-corrected chi connectivity index (χ3v) is 4.82. The Morgan fingerprint density at radius 3 is 2.67 bits per heavy atom. The van der Waals surface area contributed by atoms with Crippen LogP contribution in [0, 0.1) is 6.92 Å². The highest BCUT2D eigenvalue weighted by Crippen LogP contribution is 2.24. The molecule has 1 aliphatic rings. The molecular weight excluding hydrogens is 304 g/mol. The topological polar surface area (TPSA) is 62.4 Å². The van der Waals surface area contributed by atoms with Crippen molar-refractivity contribution in [3.63, 3.8) is 0 Å². The van der Waals surface area contributed by atoms with Gasteiger partial charge in [-0.15, -0.1) is 0 Å². The van der Waals surface area contributed by atoms with E-state index in [9.17, 15) is 4.79 Å². The fourth-order valence-electron chi connectivity index (χ4n) is 3.21. The first kappa shape index (κ1) is 16.6. The number of furan rings is 1. The second kappa shape index (κ2) is 7.57. The van der Waals surface area contributed by atoms with Gasteiger partial charge in [-0.25, -0.2) is 4.79 Å². The lowest BCUT2D eigenvalue weighted by molar-refractivity contribution is 0.203. The van der Waals surface area contributed by atoms with Crippen molar-refractivity contribution in [2.45, 2.75) is 32.4 Å². The molecule has 0 aromatic carbocycles. The molecule has 6 nitrogen and oxygen atoms in total. The number of hydrogen-bond donors (Lipinski definition) is 2. The zero-order chi connectivity index (χ0) is 16.9. The van der Waals surface area contributed by atoms with Crippen LogP contribution in [0.3, 0.4) is 0 Å². The Hall–Kier alpha value is -2.21. The molecule has 2 N–H and O–H groups in total. The summed E-state index contributed by atoms with van der Waals surface area (Å²) in [7, 11) is 2.00. The minimum atomic E-state index is -0.149. The van der Waals surface area contributed by atoms with E-state index in [4.69, 9.17) is 4.42 Å². The molecule has 0 unspecified atom stereocenters. The van der Waals surface area contributed by atoms with Gasteiger partial charge in [-0.05, 0) is 57.1 Å². The molecule has 0 saturated carbocycles. The second-order valence-corrected chi connectivity index (χ2v) is 6.36. The van der Waals surface area contributed by atoms with Gasteiger partial charge in [-0.2, -0.15) is 0 Å². The predicted molar refractivity (Wildman–Crippen MR) is 92.6 cm³/mol. The van der Waals surface area contributed by atoms with Crippen molar-refractivity contribution < 1.29 is 9.21 Å². The van der Waals surface area contributed by atoms with Gasteiger partial charge in [0, 0.05) is 25.0 Å². The third-order valence-electron chi connectivity index (χ3n) is 4.82. The number of carbonyl (C=O) groups is 1. The average Bonchev–Trinajstić information content (AvgIpc) is 3.32. The Morgan fingerprint density at radius 2 is 2.04 bits per heavy atom. The van der Waals surface area contributed by atoms with Crippen LogP contribution in [0.5, 0.6) is 0 Å². The first-order valence-electron chi connectivity index (χ1n) is 8.55. The maximum Gasteiger partial charge on any atom is 0.315 e. The van der Waals surface area contributed by atoms with E-state index in [-0.39, 0.29) is 12.1 Å². The lowest BCUT2D eigenvalue weighted by atomic mass is 10.2. The summed E-state index contributed by atoms with van der Waals surface area (Å²) in [5.74, 6) is 0.912. The van der Waals surface area contributed by atoms with E-state index in [1.807, 2.05) is 32.2 Å². The molecular formula is C18H26N4O2. The Labute approximate surface area is 142 Å². The van der Waals surface area contributed by atoms with Crippen LogP contribution in [0.15, 0.2) is 34.9 Å². The number of aromatic nitrogens is 1. The largest absolute Gasteiger partial charge is 0.468 e. The van der Waals surface area contributed by atoms with E-state index < -0.39 is 0 Å². The Balaban J connectivity index is 1.52. The molecule has 2 aromatic rings. The molecule has 24 heavy (non-hydrogen) atoms. The lowest BCUT2D eigenvalue weighted by Crippen LogP contribution is -2.41. The summed E-state index contributed by atoms with van der Waals surface area (Å²) < 4.78 is 7.65. The normalized spacial score (nSPS) is 16.2. The van der Waals surface area contributed by atoms with Gasteiger partial charge in [0.05, 0.1) is 18.8 Å². The summed E-state index contributed by atoms with van der Waals surface area (Å²) in [6.45, 7) is 5.22. The number of urea groups is 1. The van der Waals surface area contributed by atoms with Crippen molar-refractivity contribution in [2.24, 2.45) is 7.05 Å². The predicted octanol–water partition coefficient (Wildman–Crippen LogP) is 2.56. The SMILES string of the molecule is Cc1ccc(CNC(=O)NC[C@H](c2ccco2)N2CCCC2)n1C. The Kier molecular flexibility index (Phi) is 5.25. The van der Waals surface area contributed by atoms with E-state index in [2.05, 4.69) is 26.2 Å². The van der Waals surface area contributed by atoms with Crippen molar-refractivity contribution in [3.8, 4) is 0 Å². The lowest BCUT2D eigenvalue weighted by Gasteiger charge is -2.26. The molecule has 0 radical (unpaired) electrons. The average molecular weight is 330 g/mol. The molecule has 3 heterocycles. The molecule has 1 atom stereocenters. The van der Waals surface area contributed by atoms with Gasteiger partial charge < -0.3 is 19.6 Å². The van der Waals surface area contributed by atoms with E-state index in [1.54, 1.807) is 6.26 Å². The highest BCUT2D eigenvalue weighted by atomic mass is 16.3. The van der Waals surface area contributed by atoms with Gasteiger partial charge in [0.15, 0.2) is 0 Å². The molecule has 2 amide bonds. The van der Waals surface area contributed by atoms with Crippen LogP contribution in [-0.4, -0.2) is 35.1 Å². The molecule has 130 valence electrons. The van der Waals surface area contributed by atoms with Gasteiger partial charge in [-0.3, -0.25) is 4.90 Å². The standard InChI is InChI=1S/C18H26N4O2/c1-14-7-8-15(21(14)2)12-19-18(23)20-13-16(17-6-5-11-24-17)22-9-3-4-10-22/h5-8,11,16H,3-4,9-10,12-13H2,1-2H3,(H2,19,20,23)/t16-/m1/s1. The van der Waals surface area contributed by atoms with Crippen LogP contribution in [0.1, 0.15) is 36.0 Å². The molecule has 1 saturated heterocycles. The van der Waals surface area contributed by atoms with Crippen molar-refractivity contribution in [3.05, 3.63) is 47.7 Å². The maximum absolute atomic E-state index is 12.1. The van der Waals surface area contributed by atoms with E-state index in [0.717, 1.165) is 24.5 Å². The van der Waals surface area contributed by atoms with Crippen molar-refractivity contribution in [1.82, 2.24) is 20.1 Å². The summed E-state index contributed by atoms with van der Waals surface area (Å²) in [5, 5.41) is 5.91. The third kappa shape index (κ3) is 3.82. The Bertz CT molecular complexity index is 657. The minimum Gasteiger partial charge on any atom is -0.468 e. The molecule has 0 aliphatic carbocycles. The first-order chi connectivity index (χ1) is 11.6. The molecule has 1 fully saturated rings. The van der Waals surface area contributed by atoms with Crippen LogP contribution in [0.2, 0.25) is 0 Å². The zero-order valence-corrected chi connectivity index (χ0v) is 14.4. The number of hydrogen-bond acceptors (Lipinski definition) is 3. The van der Waals surface area contributed by atoms with Crippen molar-refractivity contribution in [1.29, 1.82) is 0 Å². The monoisotopic (exact) mass is 330 g/mol. The quantitative estimate of drug-likeness (QED) is 0.856. The van der Waals surface area contributed by atoms with Crippen LogP contribution in [0.4, 0.5) is 4.79 Å². The van der Waals surface area contributed by atoms with Crippen LogP contribution in [-0.2, 0) is 13.6 Å². The number of nitrogens with zero attached hydrogens (tertiary/aromatic N) is 2. The second-order valence-electron chi connectivity index (χ2n) is 6.36. The molecule has 0 spiro atoms. The van der Waals surface area contributed by atoms with Crippen LogP contribution < -0.4 is 10.6 Å². The summed E-state index contributed by atoms with van der Waals surface area (Å²) in [6, 6.07) is 7.92. The number of rotatable bonds is 6. The highest BCUT2D eigenvalue weighted by Gasteiger charge is 2.25. The fraction of sp³-hybridized carbons (Fsp3) is 0.500. The van der Waals surface area contributed by atoms with Crippen molar-refractivity contribution >= 4 is 6.03 Å². The van der Waals surface area contributed by atoms with Crippen LogP contribution in [0.25, 0.3) is 0 Å². The number of carbonyl (C=O) groups excluding carboxylic acids is 1. The van der Waals surface area contributed by atoms with E-state index in [1.165, 1.54) is 18.5 Å². The first-order valence-corrected chi connectivity index (χ1v) is 8.55. The summed E-state index contributed by atoms with van der Waals surface area (Å²) >= 11 is 0. The van der Waals surface area contributed by atoms with E-state index in [0.29, 0.717) is 13.1 Å². The van der Waals surface area contributed by atoms with Crippen molar-refractivity contribution in [2.75, 3.05) is 19.6 Å². The Morgan fingerprint density at radius 1 is 1.25 bits per heavy atom. The van der Waals surface area contributed by atoms with Crippen LogP contribution >= 0.6 is 0 Å². The zero-order valence-electron chi connectivity index (χ0n) is 14.4. The van der Waals surface area contributed by atoms with Gasteiger partial charge in [-0.1, -0.05) is 0 Å². The number of aryl methyl sites for hydroxylation is 1. The number of likely N-dealkylation sites (tertiary alicyclic amines) is 1. The smallest absolute Gasteiger partial charge is 0.315 e. The molecule has 1 aliphatic heterocycles. The number of nitrogens with one attached hydrogen (secondary N) is 2. The molecule has 6 heteroatoms.